The molecule has 0 N–H and O–H groups in total. The van der Waals surface area contributed by atoms with E-state index >= 15 is 0 Å². The van der Waals surface area contributed by atoms with Gasteiger partial charge in [0.25, 0.3) is 0 Å². The molecule has 1 aromatic heterocycles. The molecular weight excluding hydrogens is 396 g/mol. The van der Waals surface area contributed by atoms with Crippen molar-refractivity contribution in [2.75, 3.05) is 13.1 Å². The number of rotatable bonds is 3. The predicted molar refractivity (Wildman–Crippen MR) is 114 cm³/mol. The molecule has 1 atom stereocenters. The van der Waals surface area contributed by atoms with E-state index in [1.54, 1.807) is 9.80 Å². The number of benzene rings is 1. The van der Waals surface area contributed by atoms with Crippen molar-refractivity contribution in [3.8, 4) is 0 Å². The maximum atomic E-state index is 12.7. The largest absolute Gasteiger partial charge is 0.445 e. The molecule has 1 fully saturated rings. The molecule has 1 saturated heterocycles. The van der Waals surface area contributed by atoms with Crippen LogP contribution in [0.15, 0.2) is 36.5 Å². The molecule has 2 aliphatic heterocycles. The molecule has 0 aliphatic carbocycles. The van der Waals surface area contributed by atoms with Crippen molar-refractivity contribution in [2.24, 2.45) is 0 Å². The molecule has 4 rings (SSSR count). The molecule has 1 aromatic carbocycles. The molecule has 0 unspecified atom stereocenters. The van der Waals surface area contributed by atoms with E-state index in [0.29, 0.717) is 19.6 Å². The Hall–Kier alpha value is -3.03. The van der Waals surface area contributed by atoms with Gasteiger partial charge in [-0.2, -0.15) is 5.10 Å². The normalized spacial score (nSPS) is 18.9. The van der Waals surface area contributed by atoms with Crippen LogP contribution in [-0.2, 0) is 29.0 Å². The summed E-state index contributed by atoms with van der Waals surface area (Å²) in [6.45, 7) is 9.45. The summed E-state index contributed by atoms with van der Waals surface area (Å²) in [7, 11) is 0. The number of fused-ring (bicyclic) bond motifs is 1. The Kier molecular flexibility index (Phi) is 5.64. The van der Waals surface area contributed by atoms with Crippen LogP contribution >= 0.6 is 0 Å². The van der Waals surface area contributed by atoms with Crippen molar-refractivity contribution < 1.29 is 19.1 Å². The second-order valence-electron chi connectivity index (χ2n) is 9.32. The molecule has 2 aliphatic rings. The number of hydrogen-bond acceptors (Lipinski definition) is 5. The van der Waals surface area contributed by atoms with E-state index in [9.17, 15) is 9.59 Å². The van der Waals surface area contributed by atoms with Gasteiger partial charge in [-0.15, -0.1) is 0 Å². The molecule has 0 bridgehead atoms. The van der Waals surface area contributed by atoms with Gasteiger partial charge in [-0.1, -0.05) is 30.3 Å². The molecule has 2 amide bonds. The highest BCUT2D eigenvalue weighted by Gasteiger charge is 2.38. The average molecular weight is 427 g/mol. The summed E-state index contributed by atoms with van der Waals surface area (Å²) in [5, 5.41) is 4.57. The van der Waals surface area contributed by atoms with E-state index in [0.717, 1.165) is 23.2 Å². The fourth-order valence-electron chi connectivity index (χ4n) is 3.96. The Morgan fingerprint density at radius 3 is 2.52 bits per heavy atom. The van der Waals surface area contributed by atoms with Gasteiger partial charge in [0, 0.05) is 19.1 Å². The van der Waals surface area contributed by atoms with E-state index in [-0.39, 0.29) is 30.9 Å². The van der Waals surface area contributed by atoms with Crippen molar-refractivity contribution in [3.63, 3.8) is 0 Å². The third kappa shape index (κ3) is 4.68. The zero-order valence-electron chi connectivity index (χ0n) is 18.6. The Balaban J connectivity index is 1.36. The standard InChI is InChI=1S/C23H30N4O4/c1-16-10-18-11-24-27(20(18)14-26(16)22(29)31-23(2,3)4)19-12-25(13-19)21(28)30-15-17-8-6-5-7-9-17/h5-9,11,16,19H,10,12-15H2,1-4H3/t16-/m1/s1. The minimum absolute atomic E-state index is 0.0471. The van der Waals surface area contributed by atoms with Crippen molar-refractivity contribution >= 4 is 12.2 Å². The maximum Gasteiger partial charge on any atom is 0.410 e. The van der Waals surface area contributed by atoms with Gasteiger partial charge in [0.1, 0.15) is 12.2 Å². The Morgan fingerprint density at radius 2 is 1.84 bits per heavy atom. The first-order valence-electron chi connectivity index (χ1n) is 10.7. The van der Waals surface area contributed by atoms with Crippen LogP contribution in [0.4, 0.5) is 9.59 Å². The lowest BCUT2D eigenvalue weighted by Gasteiger charge is -2.40. The van der Waals surface area contributed by atoms with Gasteiger partial charge in [-0.25, -0.2) is 9.59 Å². The van der Waals surface area contributed by atoms with Gasteiger partial charge in [-0.05, 0) is 45.2 Å². The summed E-state index contributed by atoms with van der Waals surface area (Å²) < 4.78 is 12.9. The number of carbonyl (C=O) groups excluding carboxylic acids is 2. The van der Waals surface area contributed by atoms with E-state index in [2.05, 4.69) is 5.10 Å². The lowest BCUT2D eigenvalue weighted by Crippen LogP contribution is -2.52. The van der Waals surface area contributed by atoms with Gasteiger partial charge in [-0.3, -0.25) is 9.58 Å². The van der Waals surface area contributed by atoms with Gasteiger partial charge >= 0.3 is 12.2 Å². The lowest BCUT2D eigenvalue weighted by atomic mass is 10.0. The lowest BCUT2D eigenvalue weighted by molar-refractivity contribution is 0.0122. The summed E-state index contributed by atoms with van der Waals surface area (Å²) in [5.41, 5.74) is 2.60. The zero-order chi connectivity index (χ0) is 22.2. The van der Waals surface area contributed by atoms with Gasteiger partial charge < -0.3 is 14.4 Å². The third-order valence-corrected chi connectivity index (χ3v) is 5.65. The number of aromatic nitrogens is 2. The summed E-state index contributed by atoms with van der Waals surface area (Å²) >= 11 is 0. The second-order valence-corrected chi connectivity index (χ2v) is 9.32. The van der Waals surface area contributed by atoms with E-state index in [4.69, 9.17) is 9.47 Å². The Bertz CT molecular complexity index is 944. The molecule has 8 nitrogen and oxygen atoms in total. The quantitative estimate of drug-likeness (QED) is 0.747. The highest BCUT2D eigenvalue weighted by atomic mass is 16.6. The highest BCUT2D eigenvalue weighted by Crippen LogP contribution is 2.30. The summed E-state index contributed by atoms with van der Waals surface area (Å²) in [6, 6.07) is 9.77. The number of hydrogen-bond donors (Lipinski definition) is 0. The second kappa shape index (κ2) is 8.24. The zero-order valence-corrected chi connectivity index (χ0v) is 18.6. The Labute approximate surface area is 182 Å². The monoisotopic (exact) mass is 426 g/mol. The summed E-state index contributed by atoms with van der Waals surface area (Å²) in [5.74, 6) is 0. The minimum atomic E-state index is -0.536. The first-order valence-corrected chi connectivity index (χ1v) is 10.7. The van der Waals surface area contributed by atoms with E-state index in [1.807, 2.05) is 68.9 Å². The SMILES string of the molecule is C[C@@H]1Cc2cnn(C3CN(C(=O)OCc4ccccc4)C3)c2CN1C(=O)OC(C)(C)C. The number of ether oxygens (including phenoxy) is 2. The number of amides is 2. The van der Waals surface area contributed by atoms with Crippen LogP contribution in [0.1, 0.15) is 50.6 Å². The number of carbonyl (C=O) groups is 2. The summed E-state index contributed by atoms with van der Waals surface area (Å²) in [4.78, 5) is 28.4. The van der Waals surface area contributed by atoms with Crippen LogP contribution in [0.3, 0.4) is 0 Å². The fraction of sp³-hybridized carbons (Fsp3) is 0.522. The molecule has 2 aromatic rings. The van der Waals surface area contributed by atoms with Gasteiger partial charge in [0.15, 0.2) is 0 Å². The van der Waals surface area contributed by atoms with Crippen molar-refractivity contribution in [1.29, 1.82) is 0 Å². The molecule has 31 heavy (non-hydrogen) atoms. The van der Waals surface area contributed by atoms with Crippen LogP contribution in [0.2, 0.25) is 0 Å². The van der Waals surface area contributed by atoms with Gasteiger partial charge in [0.05, 0.1) is 24.5 Å². The number of likely N-dealkylation sites (tertiary alicyclic amines) is 1. The van der Waals surface area contributed by atoms with Crippen LogP contribution in [0, 0.1) is 0 Å². The van der Waals surface area contributed by atoms with Crippen LogP contribution < -0.4 is 0 Å². The maximum absolute atomic E-state index is 12.7. The van der Waals surface area contributed by atoms with Crippen LogP contribution in [0.25, 0.3) is 0 Å². The number of nitrogens with zero attached hydrogens (tertiary/aromatic N) is 4. The molecular formula is C23H30N4O4. The summed E-state index contributed by atoms with van der Waals surface area (Å²) in [6.07, 6.45) is 2.00. The first-order chi connectivity index (χ1) is 14.7. The van der Waals surface area contributed by atoms with Gasteiger partial charge in [0.2, 0.25) is 0 Å². The van der Waals surface area contributed by atoms with E-state index < -0.39 is 5.60 Å². The average Bonchev–Trinajstić information content (AvgIpc) is 3.06. The predicted octanol–water partition coefficient (Wildman–Crippen LogP) is 3.76. The minimum Gasteiger partial charge on any atom is -0.445 e. The van der Waals surface area contributed by atoms with Crippen molar-refractivity contribution in [3.05, 3.63) is 53.3 Å². The molecule has 0 radical (unpaired) electrons. The molecule has 8 heteroatoms. The topological polar surface area (TPSA) is 76.9 Å². The van der Waals surface area contributed by atoms with Crippen molar-refractivity contribution in [2.45, 2.75) is 65.0 Å². The molecule has 0 saturated carbocycles. The molecule has 3 heterocycles. The Morgan fingerprint density at radius 1 is 1.13 bits per heavy atom. The third-order valence-electron chi connectivity index (χ3n) is 5.65. The van der Waals surface area contributed by atoms with Crippen LogP contribution in [-0.4, -0.2) is 56.5 Å². The van der Waals surface area contributed by atoms with Crippen molar-refractivity contribution in [1.82, 2.24) is 19.6 Å². The molecule has 166 valence electrons. The van der Waals surface area contributed by atoms with E-state index in [1.165, 1.54) is 0 Å². The molecule has 0 spiro atoms. The van der Waals surface area contributed by atoms with Crippen LogP contribution in [0.5, 0.6) is 0 Å². The highest BCUT2D eigenvalue weighted by molar-refractivity contribution is 5.69. The first kappa shape index (κ1) is 21.2. The fourth-order valence-corrected chi connectivity index (χ4v) is 3.96. The smallest absolute Gasteiger partial charge is 0.410 e.